The Kier molecular flexibility index (Phi) is 6.14. The number of hydrogen-bond donors (Lipinski definition) is 0. The molecule has 5 aliphatic rings. The molecule has 167 valence electrons. The summed E-state index contributed by atoms with van der Waals surface area (Å²) < 4.78 is 0. The predicted molar refractivity (Wildman–Crippen MR) is 124 cm³/mol. The Morgan fingerprint density at radius 3 is 2.20 bits per heavy atom. The van der Waals surface area contributed by atoms with E-state index in [0.717, 1.165) is 35.5 Å². The molecule has 5 saturated carbocycles. The standard InChI is InChI=1S/C29H47.Y/c1-19(2)20-11-16-27(5)17-12-22-21(25(20)27)9-10-24-28(22,6)18-13-23-26(3,4)14-8-15-29(23,24)7;/h14,20-25H,1,8-13,15-18H2,2-7H3;/q-1;. The maximum absolute atomic E-state index is 4.47. The predicted octanol–water partition coefficient (Wildman–Crippen LogP) is 8.48. The third kappa shape index (κ3) is 3.18. The summed E-state index contributed by atoms with van der Waals surface area (Å²) >= 11 is 0. The van der Waals surface area contributed by atoms with Gasteiger partial charge < -0.3 is 6.42 Å². The molecule has 5 aliphatic carbocycles. The van der Waals surface area contributed by atoms with Crippen LogP contribution in [0.2, 0.25) is 0 Å². The fourth-order valence-corrected chi connectivity index (χ4v) is 11.0. The Balaban J connectivity index is 0.00000218. The van der Waals surface area contributed by atoms with Crippen LogP contribution in [-0.2, 0) is 32.7 Å². The molecule has 9 unspecified atom stereocenters. The maximum Gasteiger partial charge on any atom is 0 e. The fourth-order valence-electron chi connectivity index (χ4n) is 11.0. The van der Waals surface area contributed by atoms with Gasteiger partial charge in [-0.2, -0.15) is 11.8 Å². The van der Waals surface area contributed by atoms with Crippen LogP contribution in [-0.4, -0.2) is 0 Å². The number of rotatable bonds is 1. The summed E-state index contributed by atoms with van der Waals surface area (Å²) in [4.78, 5) is 0. The Morgan fingerprint density at radius 2 is 1.50 bits per heavy atom. The number of allylic oxidation sites excluding steroid dienone is 1. The largest absolute Gasteiger partial charge is 0.323 e. The van der Waals surface area contributed by atoms with Crippen molar-refractivity contribution in [2.45, 2.75) is 106 Å². The van der Waals surface area contributed by atoms with E-state index in [1.165, 1.54) is 69.8 Å². The summed E-state index contributed by atoms with van der Waals surface area (Å²) in [5.74, 6) is 5.55. The summed E-state index contributed by atoms with van der Waals surface area (Å²) in [5.41, 5.74) is 3.70. The van der Waals surface area contributed by atoms with Gasteiger partial charge in [0.1, 0.15) is 0 Å². The first kappa shape index (κ1) is 24.0. The Morgan fingerprint density at radius 1 is 0.800 bits per heavy atom. The third-order valence-corrected chi connectivity index (χ3v) is 12.1. The van der Waals surface area contributed by atoms with Gasteiger partial charge in [-0.25, -0.2) is 0 Å². The van der Waals surface area contributed by atoms with Crippen LogP contribution in [0.15, 0.2) is 12.2 Å². The van der Waals surface area contributed by atoms with Crippen molar-refractivity contribution in [2.75, 3.05) is 0 Å². The minimum atomic E-state index is 0. The molecule has 9 atom stereocenters. The van der Waals surface area contributed by atoms with E-state index < -0.39 is 0 Å². The molecule has 0 aromatic carbocycles. The molecule has 5 rings (SSSR count). The SMILES string of the molecule is C=C(C)C1CCC2(C)CCC3C(CCC4C3(C)CCC3C(C)(C)[CH-]CCC34C)C12.[Y]. The van der Waals surface area contributed by atoms with Gasteiger partial charge in [0.05, 0.1) is 0 Å². The fraction of sp³-hybridized carbons (Fsp3) is 0.897. The quantitative estimate of drug-likeness (QED) is 0.259. The number of fused-ring (bicyclic) bond motifs is 7. The third-order valence-electron chi connectivity index (χ3n) is 12.1. The van der Waals surface area contributed by atoms with Crippen LogP contribution >= 0.6 is 0 Å². The van der Waals surface area contributed by atoms with E-state index in [4.69, 9.17) is 0 Å². The van der Waals surface area contributed by atoms with Crippen LogP contribution < -0.4 is 0 Å². The van der Waals surface area contributed by atoms with Crippen LogP contribution in [0, 0.1) is 63.6 Å². The van der Waals surface area contributed by atoms with Crippen molar-refractivity contribution in [3.05, 3.63) is 18.6 Å². The first-order valence-electron chi connectivity index (χ1n) is 13.0. The molecule has 0 heterocycles. The van der Waals surface area contributed by atoms with Crippen molar-refractivity contribution in [3.8, 4) is 0 Å². The molecular weight excluding hydrogens is 437 g/mol. The van der Waals surface area contributed by atoms with Crippen LogP contribution in [0.5, 0.6) is 0 Å². The van der Waals surface area contributed by atoms with Gasteiger partial charge in [-0.15, -0.1) is 0 Å². The van der Waals surface area contributed by atoms with Gasteiger partial charge in [0, 0.05) is 32.7 Å². The van der Waals surface area contributed by atoms with Gasteiger partial charge in [0.15, 0.2) is 0 Å². The molecule has 0 aromatic rings. The topological polar surface area (TPSA) is 0 Å². The Hall–Kier alpha value is 0.844. The molecule has 1 radical (unpaired) electrons. The first-order valence-corrected chi connectivity index (χ1v) is 13.0. The van der Waals surface area contributed by atoms with Gasteiger partial charge in [-0.1, -0.05) is 65.5 Å². The molecule has 0 N–H and O–H groups in total. The van der Waals surface area contributed by atoms with Crippen molar-refractivity contribution >= 4 is 0 Å². The summed E-state index contributed by atoms with van der Waals surface area (Å²) in [6, 6.07) is 0. The molecule has 1 heteroatoms. The van der Waals surface area contributed by atoms with E-state index in [1.807, 2.05) is 0 Å². The van der Waals surface area contributed by atoms with Crippen molar-refractivity contribution in [3.63, 3.8) is 0 Å². The first-order chi connectivity index (χ1) is 13.5. The van der Waals surface area contributed by atoms with Crippen LogP contribution in [0.4, 0.5) is 0 Å². The van der Waals surface area contributed by atoms with Crippen LogP contribution in [0.25, 0.3) is 0 Å². The second-order valence-corrected chi connectivity index (χ2v) is 13.8. The van der Waals surface area contributed by atoms with Crippen molar-refractivity contribution < 1.29 is 32.7 Å². The van der Waals surface area contributed by atoms with E-state index in [9.17, 15) is 0 Å². The molecule has 0 saturated heterocycles. The van der Waals surface area contributed by atoms with Crippen molar-refractivity contribution in [1.82, 2.24) is 0 Å². The second kappa shape index (κ2) is 7.68. The molecular formula is C29H47Y-. The van der Waals surface area contributed by atoms with Crippen molar-refractivity contribution in [1.29, 1.82) is 0 Å². The average Bonchev–Trinajstić information content (AvgIpc) is 2.98. The minimum absolute atomic E-state index is 0. The van der Waals surface area contributed by atoms with Crippen LogP contribution in [0.1, 0.15) is 106 Å². The number of hydrogen-bond acceptors (Lipinski definition) is 0. The molecule has 0 spiro atoms. The van der Waals surface area contributed by atoms with E-state index in [-0.39, 0.29) is 32.7 Å². The normalized spacial score (nSPS) is 54.1. The zero-order valence-corrected chi connectivity index (χ0v) is 23.7. The summed E-state index contributed by atoms with van der Waals surface area (Å²) in [6.45, 7) is 20.1. The van der Waals surface area contributed by atoms with Gasteiger partial charge in [-0.05, 0) is 97.7 Å². The van der Waals surface area contributed by atoms with Crippen molar-refractivity contribution in [2.24, 2.45) is 57.2 Å². The minimum Gasteiger partial charge on any atom is -0.323 e. The monoisotopic (exact) mass is 484 g/mol. The van der Waals surface area contributed by atoms with E-state index in [1.54, 1.807) is 0 Å². The molecule has 0 bridgehead atoms. The van der Waals surface area contributed by atoms with E-state index >= 15 is 0 Å². The van der Waals surface area contributed by atoms with Gasteiger partial charge in [-0.3, -0.25) is 0 Å². The van der Waals surface area contributed by atoms with E-state index in [2.05, 4.69) is 54.5 Å². The summed E-state index contributed by atoms with van der Waals surface area (Å²) in [6.07, 6.45) is 17.4. The van der Waals surface area contributed by atoms with Gasteiger partial charge in [0.25, 0.3) is 0 Å². The van der Waals surface area contributed by atoms with E-state index in [0.29, 0.717) is 21.7 Å². The zero-order valence-electron chi connectivity index (χ0n) is 20.9. The van der Waals surface area contributed by atoms with Gasteiger partial charge >= 0.3 is 0 Å². The second-order valence-electron chi connectivity index (χ2n) is 13.8. The molecule has 5 fully saturated rings. The van der Waals surface area contributed by atoms with Crippen LogP contribution in [0.3, 0.4) is 0 Å². The average molecular weight is 485 g/mol. The molecule has 0 aromatic heterocycles. The Labute approximate surface area is 213 Å². The zero-order chi connectivity index (χ0) is 20.8. The molecule has 0 aliphatic heterocycles. The maximum atomic E-state index is 4.47. The molecule has 0 nitrogen and oxygen atoms in total. The molecule has 30 heavy (non-hydrogen) atoms. The Bertz CT molecular complexity index is 692. The molecule has 0 amide bonds. The summed E-state index contributed by atoms with van der Waals surface area (Å²) in [7, 11) is 0. The smallest absolute Gasteiger partial charge is 0 e. The summed E-state index contributed by atoms with van der Waals surface area (Å²) in [5, 5.41) is 0. The van der Waals surface area contributed by atoms with Gasteiger partial charge in [0.2, 0.25) is 0 Å².